The molecule has 0 saturated heterocycles. The monoisotopic (exact) mass is 724 g/mol. The third-order valence-corrected chi connectivity index (χ3v) is 12.2. The Hall–Kier alpha value is -7.42. The highest BCUT2D eigenvalue weighted by Gasteiger charge is 2.27. The number of nitrogens with zero attached hydrogens (tertiary/aromatic N) is 2. The summed E-state index contributed by atoms with van der Waals surface area (Å²) in [6.07, 6.45) is 0.896. The number of hydrogen-bond acceptors (Lipinski definition) is 0. The summed E-state index contributed by atoms with van der Waals surface area (Å²) < 4.78 is 4.99. The van der Waals surface area contributed by atoms with E-state index in [0.29, 0.717) is 0 Å². The maximum atomic E-state index is 2.53. The van der Waals surface area contributed by atoms with Gasteiger partial charge in [0, 0.05) is 33.7 Å². The molecule has 266 valence electrons. The maximum absolute atomic E-state index is 2.53. The van der Waals surface area contributed by atoms with Gasteiger partial charge in [-0.1, -0.05) is 164 Å². The first kappa shape index (κ1) is 31.9. The van der Waals surface area contributed by atoms with Crippen molar-refractivity contribution in [3.63, 3.8) is 0 Å². The van der Waals surface area contributed by atoms with Crippen molar-refractivity contribution in [3.05, 3.63) is 217 Å². The lowest BCUT2D eigenvalue weighted by molar-refractivity contribution is 1.12. The average molecular weight is 725 g/mol. The molecule has 2 heterocycles. The van der Waals surface area contributed by atoms with Gasteiger partial charge in [-0.05, 0) is 98.1 Å². The highest BCUT2D eigenvalue weighted by molar-refractivity contribution is 6.29. The Morgan fingerprint density at radius 2 is 0.789 bits per heavy atom. The predicted octanol–water partition coefficient (Wildman–Crippen LogP) is 14.5. The van der Waals surface area contributed by atoms with Crippen molar-refractivity contribution in [1.29, 1.82) is 0 Å². The number of aromatic nitrogens is 2. The zero-order valence-corrected chi connectivity index (χ0v) is 31.2. The van der Waals surface area contributed by atoms with Gasteiger partial charge in [0.1, 0.15) is 0 Å². The molecule has 0 aliphatic heterocycles. The molecular formula is C55H36N2. The van der Waals surface area contributed by atoms with Gasteiger partial charge in [0.2, 0.25) is 0 Å². The lowest BCUT2D eigenvalue weighted by Crippen LogP contribution is -1.99. The van der Waals surface area contributed by atoms with Crippen LogP contribution in [0.25, 0.3) is 99.5 Å². The van der Waals surface area contributed by atoms with Gasteiger partial charge in [0.15, 0.2) is 0 Å². The molecule has 0 unspecified atom stereocenters. The van der Waals surface area contributed by atoms with E-state index in [2.05, 4.69) is 215 Å². The summed E-state index contributed by atoms with van der Waals surface area (Å²) in [5, 5.41) is 5.12. The fraction of sp³-hybridized carbons (Fsp3) is 0.0182. The molecule has 9 aromatic carbocycles. The normalized spacial score (nSPS) is 12.1. The van der Waals surface area contributed by atoms with Crippen LogP contribution in [0.2, 0.25) is 0 Å². The van der Waals surface area contributed by atoms with E-state index in [1.807, 2.05) is 0 Å². The van der Waals surface area contributed by atoms with Gasteiger partial charge in [-0.25, -0.2) is 0 Å². The van der Waals surface area contributed by atoms with E-state index in [1.54, 1.807) is 0 Å². The molecule has 0 radical (unpaired) electrons. The van der Waals surface area contributed by atoms with Crippen LogP contribution in [0.5, 0.6) is 0 Å². The summed E-state index contributed by atoms with van der Waals surface area (Å²) in [6.45, 7) is 0. The number of para-hydroxylation sites is 2. The average Bonchev–Trinajstić information content (AvgIpc) is 3.95. The highest BCUT2D eigenvalue weighted by atomic mass is 15.0. The topological polar surface area (TPSA) is 9.86 Å². The van der Waals surface area contributed by atoms with Gasteiger partial charge in [0.05, 0.1) is 27.8 Å². The molecule has 0 saturated carbocycles. The van der Waals surface area contributed by atoms with E-state index >= 15 is 0 Å². The maximum Gasteiger partial charge on any atom is 0.0549 e. The van der Waals surface area contributed by atoms with Crippen LogP contribution in [0.4, 0.5) is 0 Å². The fourth-order valence-electron chi connectivity index (χ4n) is 9.68. The summed E-state index contributed by atoms with van der Waals surface area (Å²) in [5.74, 6) is 0. The van der Waals surface area contributed by atoms with E-state index in [-0.39, 0.29) is 0 Å². The van der Waals surface area contributed by atoms with Crippen molar-refractivity contribution in [1.82, 2.24) is 9.13 Å². The molecule has 0 spiro atoms. The summed E-state index contributed by atoms with van der Waals surface area (Å²) in [7, 11) is 0. The molecule has 0 fully saturated rings. The first-order chi connectivity index (χ1) is 28.3. The van der Waals surface area contributed by atoms with E-state index in [0.717, 1.165) is 12.1 Å². The molecule has 11 aromatic rings. The van der Waals surface area contributed by atoms with Crippen molar-refractivity contribution in [2.45, 2.75) is 6.42 Å². The van der Waals surface area contributed by atoms with Crippen LogP contribution in [0.1, 0.15) is 11.1 Å². The minimum Gasteiger partial charge on any atom is -0.309 e. The fourth-order valence-corrected chi connectivity index (χ4v) is 9.68. The van der Waals surface area contributed by atoms with Gasteiger partial charge in [0.25, 0.3) is 0 Å². The van der Waals surface area contributed by atoms with Crippen LogP contribution in [0.15, 0.2) is 206 Å². The summed E-state index contributed by atoms with van der Waals surface area (Å²) in [6, 6.07) is 75.6. The Balaban J connectivity index is 1.05. The van der Waals surface area contributed by atoms with Gasteiger partial charge < -0.3 is 9.13 Å². The Morgan fingerprint density at radius 1 is 0.298 bits per heavy atom. The SMILES string of the molecule is c1ccc(-c2ccc(-c3cccc(-n4c5ccccc5c5c6c7ccccc7n(-c7cccc8c7Cc7c(-c9ccccc9)cccc7-8)c6ccc54)c3)cc2)cc1. The third-order valence-electron chi connectivity index (χ3n) is 12.2. The van der Waals surface area contributed by atoms with Crippen molar-refractivity contribution in [3.8, 4) is 55.9 Å². The molecule has 1 aliphatic rings. The van der Waals surface area contributed by atoms with Crippen LogP contribution in [0, 0.1) is 0 Å². The van der Waals surface area contributed by atoms with Gasteiger partial charge >= 0.3 is 0 Å². The van der Waals surface area contributed by atoms with Crippen LogP contribution in [-0.2, 0) is 6.42 Å². The second-order valence-electron chi connectivity index (χ2n) is 15.2. The molecule has 57 heavy (non-hydrogen) atoms. The molecule has 0 amide bonds. The number of fused-ring (bicyclic) bond motifs is 10. The molecule has 2 aromatic heterocycles. The standard InChI is InChI=1S/C55H36N2/c1-3-14-36(15-4-1)37-28-30-38(31-29-37)40-18-11-19-41(34-40)56-49-25-9-7-20-45(49)54-52(56)32-33-53-55(54)46-21-8-10-26-50(46)57(53)51-27-13-24-44-43-23-12-22-42(47(43)35-48(44)51)39-16-5-2-6-17-39/h1-34H,35H2. The minimum absolute atomic E-state index is 0.896. The third kappa shape index (κ3) is 4.84. The summed E-state index contributed by atoms with van der Waals surface area (Å²) in [4.78, 5) is 0. The van der Waals surface area contributed by atoms with Gasteiger partial charge in [-0.15, -0.1) is 0 Å². The molecule has 12 rings (SSSR count). The van der Waals surface area contributed by atoms with Crippen LogP contribution in [-0.4, -0.2) is 9.13 Å². The largest absolute Gasteiger partial charge is 0.309 e. The minimum atomic E-state index is 0.896. The van der Waals surface area contributed by atoms with Crippen molar-refractivity contribution < 1.29 is 0 Å². The van der Waals surface area contributed by atoms with E-state index in [1.165, 1.54) is 105 Å². The lowest BCUT2D eigenvalue weighted by atomic mass is 9.96. The molecule has 0 bridgehead atoms. The van der Waals surface area contributed by atoms with Gasteiger partial charge in [-0.3, -0.25) is 0 Å². The number of rotatable bonds is 5. The van der Waals surface area contributed by atoms with E-state index in [4.69, 9.17) is 0 Å². The lowest BCUT2D eigenvalue weighted by Gasteiger charge is -2.14. The molecule has 0 atom stereocenters. The number of hydrogen-bond donors (Lipinski definition) is 0. The zero-order chi connectivity index (χ0) is 37.5. The molecule has 2 heteroatoms. The van der Waals surface area contributed by atoms with E-state index < -0.39 is 0 Å². The Labute approximate surface area is 331 Å². The zero-order valence-electron chi connectivity index (χ0n) is 31.2. The second-order valence-corrected chi connectivity index (χ2v) is 15.2. The van der Waals surface area contributed by atoms with Crippen LogP contribution < -0.4 is 0 Å². The molecule has 1 aliphatic carbocycles. The Kier molecular flexibility index (Phi) is 7.02. The molecular weight excluding hydrogens is 689 g/mol. The first-order valence-corrected chi connectivity index (χ1v) is 19.8. The smallest absolute Gasteiger partial charge is 0.0549 e. The number of benzene rings is 9. The Morgan fingerprint density at radius 3 is 1.49 bits per heavy atom. The predicted molar refractivity (Wildman–Crippen MR) is 240 cm³/mol. The van der Waals surface area contributed by atoms with Crippen molar-refractivity contribution in [2.75, 3.05) is 0 Å². The van der Waals surface area contributed by atoms with Crippen molar-refractivity contribution >= 4 is 43.6 Å². The quantitative estimate of drug-likeness (QED) is 0.167. The van der Waals surface area contributed by atoms with Crippen LogP contribution >= 0.6 is 0 Å². The first-order valence-electron chi connectivity index (χ1n) is 19.8. The highest BCUT2D eigenvalue weighted by Crippen LogP contribution is 2.47. The van der Waals surface area contributed by atoms with Crippen LogP contribution in [0.3, 0.4) is 0 Å². The van der Waals surface area contributed by atoms with Crippen molar-refractivity contribution in [2.24, 2.45) is 0 Å². The summed E-state index contributed by atoms with van der Waals surface area (Å²) >= 11 is 0. The van der Waals surface area contributed by atoms with Gasteiger partial charge in [-0.2, -0.15) is 0 Å². The molecule has 2 nitrogen and oxygen atoms in total. The second kappa shape index (κ2) is 12.6. The Bertz CT molecular complexity index is 3350. The molecule has 0 N–H and O–H groups in total. The summed E-state index contributed by atoms with van der Waals surface area (Å²) in [5.41, 5.74) is 20.2. The van der Waals surface area contributed by atoms with E-state index in [9.17, 15) is 0 Å².